The van der Waals surface area contributed by atoms with Crippen LogP contribution in [0.15, 0.2) is 11.4 Å². The molecule has 6 heteroatoms. The summed E-state index contributed by atoms with van der Waals surface area (Å²) in [4.78, 5) is 14.1. The summed E-state index contributed by atoms with van der Waals surface area (Å²) in [6, 6.07) is 3.80. The first-order chi connectivity index (χ1) is 10.2. The van der Waals surface area contributed by atoms with Gasteiger partial charge in [-0.1, -0.05) is 0 Å². The van der Waals surface area contributed by atoms with Gasteiger partial charge in [0.2, 0.25) is 5.91 Å². The molecular formula is C15H22N4OS. The number of nitrogens with one attached hydrogen (secondary N) is 2. The predicted molar refractivity (Wildman–Crippen MR) is 85.4 cm³/mol. The van der Waals surface area contributed by atoms with E-state index in [4.69, 9.17) is 5.26 Å². The van der Waals surface area contributed by atoms with Gasteiger partial charge in [-0.05, 0) is 50.3 Å². The average Bonchev–Trinajstić information content (AvgIpc) is 2.93. The van der Waals surface area contributed by atoms with Gasteiger partial charge in [-0.15, -0.1) is 11.3 Å². The molecule has 0 saturated carbocycles. The van der Waals surface area contributed by atoms with Crippen molar-refractivity contribution in [2.75, 3.05) is 38.5 Å². The summed E-state index contributed by atoms with van der Waals surface area (Å²) in [5.41, 5.74) is 0.537. The van der Waals surface area contributed by atoms with E-state index in [-0.39, 0.29) is 5.91 Å². The molecule has 2 rings (SSSR count). The van der Waals surface area contributed by atoms with Gasteiger partial charge in [0, 0.05) is 19.5 Å². The summed E-state index contributed by atoms with van der Waals surface area (Å²) in [7, 11) is 2.06. The van der Waals surface area contributed by atoms with Gasteiger partial charge >= 0.3 is 0 Å². The van der Waals surface area contributed by atoms with Crippen LogP contribution in [0, 0.1) is 17.2 Å². The molecule has 1 aliphatic rings. The Kier molecular flexibility index (Phi) is 6.18. The normalized spacial score (nSPS) is 18.4. The summed E-state index contributed by atoms with van der Waals surface area (Å²) in [5.74, 6) is 0.664. The van der Waals surface area contributed by atoms with Crippen molar-refractivity contribution in [3.63, 3.8) is 0 Å². The zero-order valence-electron chi connectivity index (χ0n) is 12.4. The van der Waals surface area contributed by atoms with Gasteiger partial charge in [0.05, 0.1) is 5.56 Å². The minimum atomic E-state index is -0.0254. The number of thiophene rings is 1. The number of nitrogens with zero attached hydrogens (tertiary/aromatic N) is 2. The van der Waals surface area contributed by atoms with Crippen LogP contribution in [0.1, 0.15) is 24.8 Å². The van der Waals surface area contributed by atoms with Gasteiger partial charge < -0.3 is 15.5 Å². The Morgan fingerprint density at radius 3 is 3.24 bits per heavy atom. The first kappa shape index (κ1) is 16.0. The Morgan fingerprint density at radius 2 is 2.52 bits per heavy atom. The molecule has 114 valence electrons. The zero-order chi connectivity index (χ0) is 15.1. The predicted octanol–water partition coefficient (Wildman–Crippen LogP) is 1.88. The first-order valence-corrected chi connectivity index (χ1v) is 8.23. The lowest BCUT2D eigenvalue weighted by molar-refractivity contribution is -0.116. The van der Waals surface area contributed by atoms with Crippen LogP contribution >= 0.6 is 11.3 Å². The van der Waals surface area contributed by atoms with Crippen LogP contribution in [0.3, 0.4) is 0 Å². The Labute approximate surface area is 129 Å². The number of amides is 1. The van der Waals surface area contributed by atoms with Crippen molar-refractivity contribution in [1.82, 2.24) is 10.2 Å². The van der Waals surface area contributed by atoms with Crippen LogP contribution in [-0.4, -0.2) is 44.0 Å². The molecular weight excluding hydrogens is 284 g/mol. The molecule has 0 spiro atoms. The topological polar surface area (TPSA) is 68.2 Å². The molecule has 5 nitrogen and oxygen atoms in total. The highest BCUT2D eigenvalue weighted by molar-refractivity contribution is 7.14. The van der Waals surface area contributed by atoms with Crippen molar-refractivity contribution in [2.24, 2.45) is 5.92 Å². The highest BCUT2D eigenvalue weighted by atomic mass is 32.1. The van der Waals surface area contributed by atoms with Crippen LogP contribution in [0.5, 0.6) is 0 Å². The third-order valence-corrected chi connectivity index (χ3v) is 4.56. The third kappa shape index (κ3) is 5.12. The van der Waals surface area contributed by atoms with Gasteiger partial charge in [-0.2, -0.15) is 5.26 Å². The van der Waals surface area contributed by atoms with E-state index in [0.29, 0.717) is 22.9 Å². The molecule has 1 atom stereocenters. The summed E-state index contributed by atoms with van der Waals surface area (Å²) < 4.78 is 0. The van der Waals surface area contributed by atoms with Crippen LogP contribution < -0.4 is 10.6 Å². The molecule has 0 bridgehead atoms. The smallest absolute Gasteiger partial charge is 0.226 e. The second kappa shape index (κ2) is 8.13. The number of rotatable bonds is 6. The van der Waals surface area contributed by atoms with Crippen molar-refractivity contribution in [2.45, 2.75) is 19.3 Å². The van der Waals surface area contributed by atoms with Gasteiger partial charge in [0.1, 0.15) is 11.1 Å². The number of carbonyl (C=O) groups excluding carboxylic acids is 1. The second-order valence-electron chi connectivity index (χ2n) is 5.55. The summed E-state index contributed by atoms with van der Waals surface area (Å²) in [6.07, 6.45) is 2.97. The van der Waals surface area contributed by atoms with Crippen molar-refractivity contribution in [3.05, 3.63) is 17.0 Å². The number of hydrogen-bond acceptors (Lipinski definition) is 5. The Morgan fingerprint density at radius 1 is 1.67 bits per heavy atom. The summed E-state index contributed by atoms with van der Waals surface area (Å²) >= 11 is 1.39. The highest BCUT2D eigenvalue weighted by Gasteiger charge is 2.15. The molecule has 2 N–H and O–H groups in total. The minimum Gasteiger partial charge on any atom is -0.317 e. The van der Waals surface area contributed by atoms with Crippen molar-refractivity contribution in [3.8, 4) is 6.07 Å². The van der Waals surface area contributed by atoms with Gasteiger partial charge in [-0.3, -0.25) is 4.79 Å². The molecule has 1 amide bonds. The first-order valence-electron chi connectivity index (χ1n) is 7.35. The summed E-state index contributed by atoms with van der Waals surface area (Å²) in [6.45, 7) is 3.99. The SMILES string of the molecule is CN(CCC(=O)Nc1sccc1C#N)CC1CCCNC1. The minimum absolute atomic E-state index is 0.0254. The largest absolute Gasteiger partial charge is 0.317 e. The fourth-order valence-electron chi connectivity index (χ4n) is 2.59. The lowest BCUT2D eigenvalue weighted by atomic mass is 9.99. The van der Waals surface area contributed by atoms with Crippen molar-refractivity contribution in [1.29, 1.82) is 5.26 Å². The maximum Gasteiger partial charge on any atom is 0.226 e. The van der Waals surface area contributed by atoms with Crippen LogP contribution in [0.4, 0.5) is 5.00 Å². The average molecular weight is 306 g/mol. The molecule has 0 radical (unpaired) electrons. The van der Waals surface area contributed by atoms with E-state index in [2.05, 4.69) is 28.7 Å². The van der Waals surface area contributed by atoms with Gasteiger partial charge in [0.15, 0.2) is 0 Å². The van der Waals surface area contributed by atoms with E-state index in [1.54, 1.807) is 6.07 Å². The monoisotopic (exact) mass is 306 g/mol. The van der Waals surface area contributed by atoms with Crippen molar-refractivity contribution < 1.29 is 4.79 Å². The Bertz CT molecular complexity index is 502. The number of nitriles is 1. The molecule has 21 heavy (non-hydrogen) atoms. The van der Waals surface area contributed by atoms with Crippen LogP contribution in [0.2, 0.25) is 0 Å². The zero-order valence-corrected chi connectivity index (χ0v) is 13.2. The quantitative estimate of drug-likeness (QED) is 0.842. The molecule has 1 aromatic heterocycles. The third-order valence-electron chi connectivity index (χ3n) is 3.73. The summed E-state index contributed by atoms with van der Waals surface area (Å²) in [5, 5.41) is 17.6. The fourth-order valence-corrected chi connectivity index (χ4v) is 3.34. The molecule has 1 saturated heterocycles. The van der Waals surface area contributed by atoms with Crippen LogP contribution in [0.25, 0.3) is 0 Å². The maximum atomic E-state index is 11.9. The number of carbonyl (C=O) groups is 1. The van der Waals surface area contributed by atoms with E-state index >= 15 is 0 Å². The van der Waals surface area contributed by atoms with E-state index in [1.165, 1.54) is 24.2 Å². The number of hydrogen-bond donors (Lipinski definition) is 2. The second-order valence-corrected chi connectivity index (χ2v) is 6.46. The highest BCUT2D eigenvalue weighted by Crippen LogP contribution is 2.22. The molecule has 1 fully saturated rings. The molecule has 1 aromatic rings. The van der Waals surface area contributed by atoms with Crippen LogP contribution in [-0.2, 0) is 4.79 Å². The number of anilines is 1. The molecule has 0 aliphatic carbocycles. The van der Waals surface area contributed by atoms with Crippen molar-refractivity contribution >= 4 is 22.2 Å². The van der Waals surface area contributed by atoms with Gasteiger partial charge in [-0.25, -0.2) is 0 Å². The Hall–Kier alpha value is -1.42. The molecule has 0 aromatic carbocycles. The molecule has 2 heterocycles. The number of piperidine rings is 1. The van der Waals surface area contributed by atoms with Gasteiger partial charge in [0.25, 0.3) is 0 Å². The fraction of sp³-hybridized carbons (Fsp3) is 0.600. The van der Waals surface area contributed by atoms with E-state index in [0.717, 1.165) is 26.2 Å². The Balaban J connectivity index is 1.69. The standard InChI is InChI=1S/C15H22N4OS/c1-19(11-12-3-2-6-17-10-12)7-4-14(20)18-15-13(9-16)5-8-21-15/h5,8,12,17H,2-4,6-7,10-11H2,1H3,(H,18,20). The lowest BCUT2D eigenvalue weighted by Crippen LogP contribution is -2.37. The van der Waals surface area contributed by atoms with E-state index in [1.807, 2.05) is 5.38 Å². The molecule has 1 aliphatic heterocycles. The molecule has 1 unspecified atom stereocenters. The lowest BCUT2D eigenvalue weighted by Gasteiger charge is -2.27. The van der Waals surface area contributed by atoms with E-state index in [9.17, 15) is 4.79 Å². The van der Waals surface area contributed by atoms with E-state index < -0.39 is 0 Å². The maximum absolute atomic E-state index is 11.9.